The summed E-state index contributed by atoms with van der Waals surface area (Å²) < 4.78 is 5.39. The Labute approximate surface area is 125 Å². The lowest BCUT2D eigenvalue weighted by molar-refractivity contribution is 0.0582. The number of ether oxygens (including phenoxy) is 1. The normalized spacial score (nSPS) is 17.6. The Morgan fingerprint density at radius 2 is 1.80 bits per heavy atom. The summed E-state index contributed by atoms with van der Waals surface area (Å²) in [6.45, 7) is 1.54. The molecule has 1 atom stereocenters. The summed E-state index contributed by atoms with van der Waals surface area (Å²) in [7, 11) is 0. The van der Waals surface area contributed by atoms with Gasteiger partial charge in [0.05, 0.1) is 0 Å². The van der Waals surface area contributed by atoms with Crippen LogP contribution in [-0.2, 0) is 4.74 Å². The number of aromatic hydroxyl groups is 1. The van der Waals surface area contributed by atoms with E-state index in [1.54, 1.807) is 6.07 Å². The van der Waals surface area contributed by atoms with E-state index < -0.39 is 0 Å². The molecule has 1 aliphatic heterocycles. The number of phenols is 1. The second-order valence-electron chi connectivity index (χ2n) is 5.20. The topological polar surface area (TPSA) is 55.5 Å². The Balaban J connectivity index is 0.00000147. The zero-order valence-corrected chi connectivity index (χ0v) is 12.1. The molecule has 0 spiro atoms. The van der Waals surface area contributed by atoms with Crippen LogP contribution < -0.4 is 5.73 Å². The maximum Gasteiger partial charge on any atom is 0.120 e. The highest BCUT2D eigenvalue weighted by Crippen LogP contribution is 2.37. The van der Waals surface area contributed by atoms with E-state index in [9.17, 15) is 5.11 Å². The van der Waals surface area contributed by atoms with E-state index in [1.807, 2.05) is 24.3 Å². The van der Waals surface area contributed by atoms with Crippen LogP contribution in [0, 0.1) is 5.92 Å². The van der Waals surface area contributed by atoms with Gasteiger partial charge in [-0.2, -0.15) is 0 Å². The lowest BCUT2D eigenvalue weighted by Crippen LogP contribution is -2.27. The number of hydrogen-bond donors (Lipinski definition) is 2. The molecule has 20 heavy (non-hydrogen) atoms. The molecule has 1 saturated heterocycles. The second kappa shape index (κ2) is 6.44. The van der Waals surface area contributed by atoms with Gasteiger partial charge in [-0.1, -0.05) is 30.3 Å². The number of rotatable bonds is 2. The monoisotopic (exact) mass is 293 g/mol. The first-order valence-corrected chi connectivity index (χ1v) is 6.81. The summed E-state index contributed by atoms with van der Waals surface area (Å²) in [5, 5.41) is 12.4. The summed E-state index contributed by atoms with van der Waals surface area (Å²) >= 11 is 0. The number of fused-ring (bicyclic) bond motifs is 1. The number of halogens is 1. The first-order chi connectivity index (χ1) is 9.27. The van der Waals surface area contributed by atoms with Crippen molar-refractivity contribution in [2.75, 3.05) is 13.2 Å². The highest BCUT2D eigenvalue weighted by atomic mass is 35.5. The molecule has 0 bridgehead atoms. The van der Waals surface area contributed by atoms with E-state index in [0.717, 1.165) is 42.4 Å². The van der Waals surface area contributed by atoms with Gasteiger partial charge in [0.2, 0.25) is 0 Å². The summed E-state index contributed by atoms with van der Waals surface area (Å²) in [5.41, 5.74) is 7.30. The number of hydrogen-bond acceptors (Lipinski definition) is 3. The molecule has 1 aliphatic rings. The van der Waals surface area contributed by atoms with Gasteiger partial charge in [-0.25, -0.2) is 0 Å². The first-order valence-electron chi connectivity index (χ1n) is 6.81. The Bertz CT molecular complexity index is 582. The van der Waals surface area contributed by atoms with Crippen LogP contribution in [0.5, 0.6) is 5.75 Å². The lowest BCUT2D eigenvalue weighted by Gasteiger charge is -2.29. The van der Waals surface area contributed by atoms with Gasteiger partial charge in [-0.05, 0) is 35.6 Å². The molecule has 2 aromatic carbocycles. The minimum Gasteiger partial charge on any atom is -0.508 e. The molecule has 0 saturated carbocycles. The molecule has 0 unspecified atom stereocenters. The molecule has 3 nitrogen and oxygen atoms in total. The zero-order chi connectivity index (χ0) is 13.2. The van der Waals surface area contributed by atoms with Gasteiger partial charge in [-0.15, -0.1) is 12.4 Å². The summed E-state index contributed by atoms with van der Waals surface area (Å²) in [5.74, 6) is 0.683. The van der Waals surface area contributed by atoms with Gasteiger partial charge < -0.3 is 15.6 Å². The predicted octanol–water partition coefficient (Wildman–Crippen LogP) is 3.39. The Kier molecular flexibility index (Phi) is 4.86. The third-order valence-electron chi connectivity index (χ3n) is 4.05. The van der Waals surface area contributed by atoms with E-state index in [1.165, 1.54) is 0 Å². The standard InChI is InChI=1S/C16H19NO2.ClH/c17-16(12-7-9-19-10-8-12)15-13-4-2-1-3-11(13)5-6-14(15)18;/h1-6,12,16,18H,7-10,17H2;1H/t16-;/m1./s1. The molecule has 1 fully saturated rings. The third kappa shape index (κ3) is 2.75. The average molecular weight is 294 g/mol. The summed E-state index contributed by atoms with van der Waals surface area (Å²) in [6, 6.07) is 11.6. The number of benzene rings is 2. The fourth-order valence-electron chi connectivity index (χ4n) is 2.95. The molecule has 3 rings (SSSR count). The highest BCUT2D eigenvalue weighted by molar-refractivity contribution is 5.88. The van der Waals surface area contributed by atoms with Crippen molar-refractivity contribution in [3.8, 4) is 5.75 Å². The molecular formula is C16H20ClNO2. The van der Waals surface area contributed by atoms with Crippen molar-refractivity contribution in [3.05, 3.63) is 42.0 Å². The Morgan fingerprint density at radius 1 is 1.10 bits per heavy atom. The fourth-order valence-corrected chi connectivity index (χ4v) is 2.95. The van der Waals surface area contributed by atoms with Crippen molar-refractivity contribution in [1.29, 1.82) is 0 Å². The molecule has 4 heteroatoms. The van der Waals surface area contributed by atoms with Crippen LogP contribution in [0.4, 0.5) is 0 Å². The van der Waals surface area contributed by atoms with Gasteiger partial charge in [0.1, 0.15) is 5.75 Å². The van der Waals surface area contributed by atoms with Gasteiger partial charge in [0, 0.05) is 24.8 Å². The maximum atomic E-state index is 10.2. The van der Waals surface area contributed by atoms with Gasteiger partial charge >= 0.3 is 0 Å². The van der Waals surface area contributed by atoms with Gasteiger partial charge in [0.25, 0.3) is 0 Å². The minimum atomic E-state index is -0.130. The van der Waals surface area contributed by atoms with Crippen molar-refractivity contribution < 1.29 is 9.84 Å². The van der Waals surface area contributed by atoms with E-state index in [-0.39, 0.29) is 18.4 Å². The third-order valence-corrected chi connectivity index (χ3v) is 4.05. The van der Waals surface area contributed by atoms with Crippen molar-refractivity contribution in [3.63, 3.8) is 0 Å². The number of nitrogens with two attached hydrogens (primary N) is 1. The largest absolute Gasteiger partial charge is 0.508 e. The van der Waals surface area contributed by atoms with Crippen LogP contribution in [0.1, 0.15) is 24.4 Å². The molecule has 3 N–H and O–H groups in total. The Hall–Kier alpha value is -1.29. The van der Waals surface area contributed by atoms with E-state index in [2.05, 4.69) is 6.07 Å². The molecular weight excluding hydrogens is 274 g/mol. The van der Waals surface area contributed by atoms with Gasteiger partial charge in [-0.3, -0.25) is 0 Å². The fraction of sp³-hybridized carbons (Fsp3) is 0.375. The Morgan fingerprint density at radius 3 is 2.55 bits per heavy atom. The molecule has 2 aromatic rings. The van der Waals surface area contributed by atoms with E-state index >= 15 is 0 Å². The smallest absolute Gasteiger partial charge is 0.120 e. The molecule has 1 heterocycles. The second-order valence-corrected chi connectivity index (χ2v) is 5.20. The van der Waals surface area contributed by atoms with Crippen molar-refractivity contribution in [2.45, 2.75) is 18.9 Å². The van der Waals surface area contributed by atoms with Crippen molar-refractivity contribution in [2.24, 2.45) is 11.7 Å². The van der Waals surface area contributed by atoms with Crippen molar-refractivity contribution >= 4 is 23.2 Å². The minimum absolute atomic E-state index is 0. The molecule has 108 valence electrons. The SMILES string of the molecule is Cl.N[C@@H](c1c(O)ccc2ccccc12)C1CCOCC1. The molecule has 0 radical (unpaired) electrons. The number of phenolic OH excluding ortho intramolecular Hbond substituents is 1. The molecule has 0 aromatic heterocycles. The lowest BCUT2D eigenvalue weighted by atomic mass is 9.85. The van der Waals surface area contributed by atoms with Gasteiger partial charge in [0.15, 0.2) is 0 Å². The first kappa shape index (κ1) is 15.1. The van der Waals surface area contributed by atoms with E-state index in [4.69, 9.17) is 10.5 Å². The summed E-state index contributed by atoms with van der Waals surface area (Å²) in [4.78, 5) is 0. The van der Waals surface area contributed by atoms with Crippen LogP contribution in [-0.4, -0.2) is 18.3 Å². The van der Waals surface area contributed by atoms with Crippen LogP contribution in [0.15, 0.2) is 36.4 Å². The van der Waals surface area contributed by atoms with Crippen molar-refractivity contribution in [1.82, 2.24) is 0 Å². The van der Waals surface area contributed by atoms with Crippen LogP contribution >= 0.6 is 12.4 Å². The average Bonchev–Trinajstić information content (AvgIpc) is 2.47. The molecule has 0 aliphatic carbocycles. The van der Waals surface area contributed by atoms with Crippen LogP contribution in [0.3, 0.4) is 0 Å². The maximum absolute atomic E-state index is 10.2. The quantitative estimate of drug-likeness (QED) is 0.892. The summed E-state index contributed by atoms with van der Waals surface area (Å²) in [6.07, 6.45) is 1.92. The zero-order valence-electron chi connectivity index (χ0n) is 11.3. The highest BCUT2D eigenvalue weighted by Gasteiger charge is 2.25. The van der Waals surface area contributed by atoms with Crippen LogP contribution in [0.2, 0.25) is 0 Å². The predicted molar refractivity (Wildman–Crippen MR) is 83.3 cm³/mol. The molecule has 0 amide bonds. The van der Waals surface area contributed by atoms with E-state index in [0.29, 0.717) is 11.7 Å². The van der Waals surface area contributed by atoms with Crippen LogP contribution in [0.25, 0.3) is 10.8 Å².